The molecule has 2 aromatic rings. The predicted octanol–water partition coefficient (Wildman–Crippen LogP) is 4.13. The molecule has 2 heterocycles. The Morgan fingerprint density at radius 2 is 2.00 bits per heavy atom. The molecular weight excluding hydrogens is 410 g/mol. The summed E-state index contributed by atoms with van der Waals surface area (Å²) in [4.78, 5) is 29.4. The molecule has 8 heteroatoms. The van der Waals surface area contributed by atoms with Gasteiger partial charge in [0.2, 0.25) is 5.91 Å². The summed E-state index contributed by atoms with van der Waals surface area (Å²) in [6.45, 7) is 7.79. The Morgan fingerprint density at radius 1 is 1.22 bits per heavy atom. The van der Waals surface area contributed by atoms with E-state index in [0.29, 0.717) is 31.1 Å². The van der Waals surface area contributed by atoms with Gasteiger partial charge in [0, 0.05) is 24.9 Å². The van der Waals surface area contributed by atoms with E-state index in [0.717, 1.165) is 25.2 Å². The molecule has 1 aromatic carbocycles. The smallest absolute Gasteiger partial charge is 0.322 e. The number of hydrogen-bond acceptors (Lipinski definition) is 5. The number of anilines is 1. The summed E-state index contributed by atoms with van der Waals surface area (Å²) in [5.74, 6) is 1.29. The highest BCUT2D eigenvalue weighted by atomic mass is 16.5. The molecule has 1 saturated heterocycles. The molecular formula is C24H33N3O5. The van der Waals surface area contributed by atoms with Gasteiger partial charge in [-0.05, 0) is 70.0 Å². The van der Waals surface area contributed by atoms with E-state index in [1.165, 1.54) is 4.90 Å². The van der Waals surface area contributed by atoms with E-state index < -0.39 is 0 Å². The molecule has 1 aromatic heterocycles. The average molecular weight is 444 g/mol. The van der Waals surface area contributed by atoms with Crippen LogP contribution in [-0.4, -0.2) is 60.2 Å². The van der Waals surface area contributed by atoms with Gasteiger partial charge < -0.3 is 29.0 Å². The van der Waals surface area contributed by atoms with Crippen LogP contribution in [0.15, 0.2) is 47.1 Å². The average Bonchev–Trinajstić information content (AvgIpc) is 3.47. The monoisotopic (exact) mass is 443 g/mol. The first-order valence-corrected chi connectivity index (χ1v) is 11.2. The fourth-order valence-corrected chi connectivity index (χ4v) is 3.61. The lowest BCUT2D eigenvalue weighted by Gasteiger charge is -2.30. The molecule has 0 bridgehead atoms. The molecule has 174 valence electrons. The van der Waals surface area contributed by atoms with Crippen LogP contribution in [0.1, 0.15) is 39.4 Å². The highest BCUT2D eigenvalue weighted by Gasteiger charge is 2.27. The molecule has 0 aliphatic carbocycles. The number of ether oxygens (including phenoxy) is 2. The maximum atomic E-state index is 13.2. The van der Waals surface area contributed by atoms with Crippen molar-refractivity contribution in [1.82, 2.24) is 9.80 Å². The van der Waals surface area contributed by atoms with Crippen molar-refractivity contribution >= 4 is 17.6 Å². The van der Waals surface area contributed by atoms with E-state index in [-0.39, 0.29) is 30.6 Å². The molecule has 1 aliphatic heterocycles. The Labute approximate surface area is 189 Å². The Kier molecular flexibility index (Phi) is 8.56. The normalized spacial score (nSPS) is 15.6. The zero-order chi connectivity index (χ0) is 22.9. The number of nitrogens with zero attached hydrogens (tertiary/aromatic N) is 2. The lowest BCUT2D eigenvalue weighted by atomic mass is 10.2. The first-order chi connectivity index (χ1) is 15.5. The summed E-state index contributed by atoms with van der Waals surface area (Å²) in [7, 11) is 0. The fraction of sp³-hybridized carbons (Fsp3) is 0.500. The number of urea groups is 1. The lowest BCUT2D eigenvalue weighted by molar-refractivity contribution is -0.134. The van der Waals surface area contributed by atoms with Gasteiger partial charge in [0.05, 0.1) is 25.5 Å². The maximum absolute atomic E-state index is 13.2. The summed E-state index contributed by atoms with van der Waals surface area (Å²) < 4.78 is 16.6. The van der Waals surface area contributed by atoms with E-state index in [1.54, 1.807) is 41.5 Å². The van der Waals surface area contributed by atoms with Crippen molar-refractivity contribution in [3.05, 3.63) is 48.4 Å². The molecule has 1 fully saturated rings. The summed E-state index contributed by atoms with van der Waals surface area (Å²) in [5.41, 5.74) is 0.642. The number of carbonyl (C=O) groups is 2. The number of hydrogen-bond donors (Lipinski definition) is 1. The fourth-order valence-electron chi connectivity index (χ4n) is 3.61. The molecule has 1 N–H and O–H groups in total. The van der Waals surface area contributed by atoms with Crippen LogP contribution in [0.2, 0.25) is 0 Å². The Balaban J connectivity index is 1.65. The lowest BCUT2D eigenvalue weighted by Crippen LogP contribution is -2.48. The summed E-state index contributed by atoms with van der Waals surface area (Å²) in [5, 5.41) is 2.87. The molecule has 3 amide bonds. The van der Waals surface area contributed by atoms with Gasteiger partial charge in [-0.2, -0.15) is 0 Å². The first-order valence-electron chi connectivity index (χ1n) is 11.2. The standard InChI is InChI=1S/C24H33N3O5/c1-4-30-20-11-9-19(10-12-20)25-24(29)27(18(2)3)17-23(28)26(15-21-7-5-13-31-21)16-22-8-6-14-32-22/h5,7,9-13,18,22H,4,6,8,14-17H2,1-3H3,(H,25,29). The van der Waals surface area contributed by atoms with Crippen molar-refractivity contribution in [2.45, 2.75) is 52.3 Å². The molecule has 1 unspecified atom stereocenters. The SMILES string of the molecule is CCOc1ccc(NC(=O)N(CC(=O)N(Cc2ccco2)CC2CCCO2)C(C)C)cc1. The second kappa shape index (κ2) is 11.6. The Morgan fingerprint density at radius 3 is 2.59 bits per heavy atom. The highest BCUT2D eigenvalue weighted by Crippen LogP contribution is 2.18. The molecule has 0 saturated carbocycles. The van der Waals surface area contributed by atoms with Crippen molar-refractivity contribution in [2.75, 3.05) is 31.6 Å². The Hall–Kier alpha value is -3.00. The molecule has 32 heavy (non-hydrogen) atoms. The van der Waals surface area contributed by atoms with Crippen molar-refractivity contribution in [3.8, 4) is 5.75 Å². The van der Waals surface area contributed by atoms with E-state index >= 15 is 0 Å². The van der Waals surface area contributed by atoms with Gasteiger partial charge in [-0.1, -0.05) is 0 Å². The van der Waals surface area contributed by atoms with Crippen LogP contribution in [-0.2, 0) is 16.1 Å². The second-order valence-corrected chi connectivity index (χ2v) is 8.10. The van der Waals surface area contributed by atoms with Crippen LogP contribution in [0.25, 0.3) is 0 Å². The molecule has 3 rings (SSSR count). The third-order valence-corrected chi connectivity index (χ3v) is 5.33. The van der Waals surface area contributed by atoms with Gasteiger partial charge in [-0.3, -0.25) is 4.79 Å². The highest BCUT2D eigenvalue weighted by molar-refractivity contribution is 5.92. The minimum absolute atomic E-state index is 0.0130. The number of benzene rings is 1. The minimum Gasteiger partial charge on any atom is -0.494 e. The summed E-state index contributed by atoms with van der Waals surface area (Å²) in [6.07, 6.45) is 3.53. The quantitative estimate of drug-likeness (QED) is 0.597. The van der Waals surface area contributed by atoms with Crippen molar-refractivity contribution in [3.63, 3.8) is 0 Å². The minimum atomic E-state index is -0.326. The number of amides is 3. The maximum Gasteiger partial charge on any atom is 0.322 e. The molecule has 0 spiro atoms. The predicted molar refractivity (Wildman–Crippen MR) is 122 cm³/mol. The van der Waals surface area contributed by atoms with Gasteiger partial charge in [0.25, 0.3) is 0 Å². The summed E-state index contributed by atoms with van der Waals surface area (Å²) >= 11 is 0. The zero-order valence-electron chi connectivity index (χ0n) is 19.1. The van der Waals surface area contributed by atoms with Crippen molar-refractivity contribution in [1.29, 1.82) is 0 Å². The number of carbonyl (C=O) groups excluding carboxylic acids is 2. The second-order valence-electron chi connectivity index (χ2n) is 8.10. The van der Waals surface area contributed by atoms with Crippen molar-refractivity contribution < 1.29 is 23.5 Å². The number of nitrogens with one attached hydrogen (secondary N) is 1. The molecule has 1 atom stereocenters. The van der Waals surface area contributed by atoms with Crippen LogP contribution >= 0.6 is 0 Å². The first kappa shape index (κ1) is 23.7. The van der Waals surface area contributed by atoms with Gasteiger partial charge >= 0.3 is 6.03 Å². The third kappa shape index (κ3) is 6.75. The number of rotatable bonds is 10. The third-order valence-electron chi connectivity index (χ3n) is 5.33. The van der Waals surface area contributed by atoms with E-state index in [4.69, 9.17) is 13.9 Å². The molecule has 0 radical (unpaired) electrons. The van der Waals surface area contributed by atoms with Crippen LogP contribution in [0, 0.1) is 0 Å². The van der Waals surface area contributed by atoms with E-state index in [9.17, 15) is 9.59 Å². The Bertz CT molecular complexity index is 845. The van der Waals surface area contributed by atoms with Crippen LogP contribution in [0.4, 0.5) is 10.5 Å². The van der Waals surface area contributed by atoms with Crippen molar-refractivity contribution in [2.24, 2.45) is 0 Å². The number of furan rings is 1. The van der Waals surface area contributed by atoms with E-state index in [2.05, 4.69) is 5.32 Å². The van der Waals surface area contributed by atoms with Crippen LogP contribution < -0.4 is 10.1 Å². The van der Waals surface area contributed by atoms with Crippen LogP contribution in [0.5, 0.6) is 5.75 Å². The summed E-state index contributed by atoms with van der Waals surface area (Å²) in [6, 6.07) is 10.3. The van der Waals surface area contributed by atoms with E-state index in [1.807, 2.05) is 26.8 Å². The van der Waals surface area contributed by atoms with Gasteiger partial charge in [-0.15, -0.1) is 0 Å². The molecule has 1 aliphatic rings. The van der Waals surface area contributed by atoms with Gasteiger partial charge in [0.15, 0.2) is 0 Å². The largest absolute Gasteiger partial charge is 0.494 e. The van der Waals surface area contributed by atoms with Crippen LogP contribution in [0.3, 0.4) is 0 Å². The topological polar surface area (TPSA) is 84.3 Å². The van der Waals surface area contributed by atoms with Gasteiger partial charge in [0.1, 0.15) is 18.1 Å². The van der Waals surface area contributed by atoms with Gasteiger partial charge in [-0.25, -0.2) is 4.79 Å². The zero-order valence-corrected chi connectivity index (χ0v) is 19.1. The molecule has 8 nitrogen and oxygen atoms in total.